The van der Waals surface area contributed by atoms with Gasteiger partial charge in [0.25, 0.3) is 0 Å². The third kappa shape index (κ3) is 4.26. The van der Waals surface area contributed by atoms with Crippen LogP contribution in [0.4, 0.5) is 0 Å². The van der Waals surface area contributed by atoms with E-state index < -0.39 is 5.60 Å². The van der Waals surface area contributed by atoms with Gasteiger partial charge in [0.1, 0.15) is 17.1 Å². The second kappa shape index (κ2) is 7.50. The number of rotatable bonds is 5. The fraction of sp³-hybridized carbons (Fsp3) is 0.750. The second-order valence-electron chi connectivity index (χ2n) is 8.09. The third-order valence-corrected chi connectivity index (χ3v) is 5.91. The fourth-order valence-electron chi connectivity index (χ4n) is 4.44. The number of likely N-dealkylation sites (tertiary alicyclic amines) is 1. The molecule has 0 radical (unpaired) electrons. The minimum atomic E-state index is -1.11. The number of carbonyl (C=O) groups is 1. The first-order valence-electron chi connectivity index (χ1n) is 9.68. The molecule has 1 aromatic heterocycles. The first kappa shape index (κ1) is 18.5. The molecule has 1 aliphatic carbocycles. The van der Waals surface area contributed by atoms with Crippen LogP contribution in [-0.2, 0) is 10.4 Å². The highest BCUT2D eigenvalue weighted by molar-refractivity contribution is 5.79. The van der Waals surface area contributed by atoms with Gasteiger partial charge in [-0.3, -0.25) is 9.69 Å². The van der Waals surface area contributed by atoms with Gasteiger partial charge in [-0.05, 0) is 52.6 Å². The Labute approximate surface area is 150 Å². The van der Waals surface area contributed by atoms with Gasteiger partial charge in [0, 0.05) is 18.2 Å². The first-order valence-corrected chi connectivity index (χ1v) is 9.68. The van der Waals surface area contributed by atoms with Gasteiger partial charge < -0.3 is 14.8 Å². The lowest BCUT2D eigenvalue weighted by Gasteiger charge is -2.31. The average molecular weight is 348 g/mol. The molecule has 0 aromatic carbocycles. The van der Waals surface area contributed by atoms with E-state index in [4.69, 9.17) is 4.42 Å². The molecule has 1 saturated heterocycles. The van der Waals surface area contributed by atoms with Gasteiger partial charge in [0.15, 0.2) is 0 Å². The Balaban J connectivity index is 1.51. The highest BCUT2D eigenvalue weighted by atomic mass is 16.3. The lowest BCUT2D eigenvalue weighted by Crippen LogP contribution is -2.42. The van der Waals surface area contributed by atoms with E-state index in [-0.39, 0.29) is 18.4 Å². The first-order chi connectivity index (χ1) is 11.9. The molecule has 2 atom stereocenters. The normalized spacial score (nSPS) is 25.0. The van der Waals surface area contributed by atoms with Crippen LogP contribution in [0.2, 0.25) is 0 Å². The van der Waals surface area contributed by atoms with Gasteiger partial charge in [0.2, 0.25) is 5.91 Å². The van der Waals surface area contributed by atoms with Crippen LogP contribution in [0.3, 0.4) is 0 Å². The van der Waals surface area contributed by atoms with E-state index in [2.05, 4.69) is 10.2 Å². The Morgan fingerprint density at radius 2 is 2.04 bits per heavy atom. The summed E-state index contributed by atoms with van der Waals surface area (Å²) >= 11 is 0. The molecule has 1 aromatic rings. The van der Waals surface area contributed by atoms with E-state index in [1.807, 2.05) is 19.9 Å². The van der Waals surface area contributed by atoms with Crippen molar-refractivity contribution < 1.29 is 14.3 Å². The summed E-state index contributed by atoms with van der Waals surface area (Å²) in [4.78, 5) is 15.1. The predicted molar refractivity (Wildman–Crippen MR) is 97.3 cm³/mol. The molecule has 2 aliphatic rings. The topological polar surface area (TPSA) is 65.7 Å². The maximum Gasteiger partial charge on any atom is 0.224 e. The minimum Gasteiger partial charge on any atom is -0.466 e. The van der Waals surface area contributed by atoms with Crippen molar-refractivity contribution in [2.24, 2.45) is 5.92 Å². The van der Waals surface area contributed by atoms with E-state index in [0.29, 0.717) is 11.8 Å². The number of nitrogens with one attached hydrogen (secondary N) is 1. The van der Waals surface area contributed by atoms with Gasteiger partial charge in [-0.1, -0.05) is 19.3 Å². The molecular weight excluding hydrogens is 316 g/mol. The van der Waals surface area contributed by atoms with Gasteiger partial charge in [-0.15, -0.1) is 0 Å². The van der Waals surface area contributed by atoms with Crippen LogP contribution >= 0.6 is 0 Å². The zero-order valence-electron chi connectivity index (χ0n) is 15.8. The Hall–Kier alpha value is -1.33. The molecule has 1 saturated carbocycles. The Bertz CT molecular complexity index is 602. The van der Waals surface area contributed by atoms with Crippen molar-refractivity contribution in [1.29, 1.82) is 0 Å². The van der Waals surface area contributed by atoms with Crippen molar-refractivity contribution >= 4 is 5.91 Å². The van der Waals surface area contributed by atoms with E-state index in [9.17, 15) is 9.90 Å². The van der Waals surface area contributed by atoms with E-state index in [0.717, 1.165) is 30.8 Å². The van der Waals surface area contributed by atoms with Gasteiger partial charge in [-0.25, -0.2) is 0 Å². The molecule has 1 amide bonds. The van der Waals surface area contributed by atoms with Gasteiger partial charge >= 0.3 is 0 Å². The summed E-state index contributed by atoms with van der Waals surface area (Å²) in [5, 5.41) is 13.7. The zero-order chi connectivity index (χ0) is 18.0. The van der Waals surface area contributed by atoms with Crippen molar-refractivity contribution in [2.45, 2.75) is 70.9 Å². The summed E-state index contributed by atoms with van der Waals surface area (Å²) in [6.07, 6.45) is 7.49. The summed E-state index contributed by atoms with van der Waals surface area (Å²) in [5.41, 5.74) is -0.361. The summed E-state index contributed by atoms with van der Waals surface area (Å²) in [6, 6.07) is 2.52. The van der Waals surface area contributed by atoms with E-state index in [1.54, 1.807) is 6.92 Å². The van der Waals surface area contributed by atoms with E-state index >= 15 is 0 Å². The fourth-order valence-corrected chi connectivity index (χ4v) is 4.44. The number of aryl methyl sites for hydroxylation is 2. The van der Waals surface area contributed by atoms with Crippen molar-refractivity contribution in [1.82, 2.24) is 10.2 Å². The molecule has 2 unspecified atom stereocenters. The van der Waals surface area contributed by atoms with Crippen LogP contribution in [0.25, 0.3) is 0 Å². The average Bonchev–Trinajstić information content (AvgIpc) is 3.20. The molecule has 5 heteroatoms. The standard InChI is InChI=1S/C20H32N2O3/c1-14-11-18(15(2)25-14)20(3,24)13-21-19(23)16-9-10-22(12-16)17-7-5-4-6-8-17/h11,16-17,24H,4-10,12-13H2,1-3H3,(H,21,23). The number of carbonyl (C=O) groups excluding carboxylic acids is 1. The molecule has 1 aliphatic heterocycles. The summed E-state index contributed by atoms with van der Waals surface area (Å²) in [5.74, 6) is 1.60. The maximum absolute atomic E-state index is 12.6. The summed E-state index contributed by atoms with van der Waals surface area (Å²) in [7, 11) is 0. The molecule has 0 spiro atoms. The highest BCUT2D eigenvalue weighted by Gasteiger charge is 2.34. The SMILES string of the molecule is Cc1cc(C(C)(O)CNC(=O)C2CCN(C3CCCCC3)C2)c(C)o1. The summed E-state index contributed by atoms with van der Waals surface area (Å²) < 4.78 is 5.51. The monoisotopic (exact) mass is 348 g/mol. The van der Waals surface area contributed by atoms with E-state index in [1.165, 1.54) is 32.1 Å². The lowest BCUT2D eigenvalue weighted by atomic mass is 9.94. The molecule has 140 valence electrons. The van der Waals surface area contributed by atoms with Crippen LogP contribution in [0.5, 0.6) is 0 Å². The number of hydrogen-bond acceptors (Lipinski definition) is 4. The van der Waals surface area contributed by atoms with Crippen molar-refractivity contribution in [3.05, 3.63) is 23.2 Å². The predicted octanol–water partition coefficient (Wildman–Crippen LogP) is 2.87. The molecule has 2 heterocycles. The zero-order valence-corrected chi connectivity index (χ0v) is 15.8. The third-order valence-electron chi connectivity index (χ3n) is 5.91. The number of furan rings is 1. The van der Waals surface area contributed by atoms with Gasteiger partial charge in [-0.2, -0.15) is 0 Å². The largest absolute Gasteiger partial charge is 0.466 e. The smallest absolute Gasteiger partial charge is 0.224 e. The molecule has 2 N–H and O–H groups in total. The number of amides is 1. The molecule has 3 rings (SSSR count). The van der Waals surface area contributed by atoms with Crippen LogP contribution in [0, 0.1) is 19.8 Å². The number of aliphatic hydroxyl groups is 1. The van der Waals surface area contributed by atoms with Gasteiger partial charge in [0.05, 0.1) is 12.5 Å². The molecule has 0 bridgehead atoms. The minimum absolute atomic E-state index is 0.0462. The lowest BCUT2D eigenvalue weighted by molar-refractivity contribution is -0.125. The van der Waals surface area contributed by atoms with Crippen molar-refractivity contribution in [2.75, 3.05) is 19.6 Å². The number of hydrogen-bond donors (Lipinski definition) is 2. The molecular formula is C20H32N2O3. The Morgan fingerprint density at radius 1 is 1.32 bits per heavy atom. The second-order valence-corrected chi connectivity index (χ2v) is 8.09. The molecule has 25 heavy (non-hydrogen) atoms. The maximum atomic E-state index is 12.6. The van der Waals surface area contributed by atoms with Crippen LogP contribution in [-0.4, -0.2) is 41.6 Å². The van der Waals surface area contributed by atoms with Crippen molar-refractivity contribution in [3.63, 3.8) is 0 Å². The van der Waals surface area contributed by atoms with Crippen LogP contribution in [0.1, 0.15) is 62.5 Å². The summed E-state index contributed by atoms with van der Waals surface area (Å²) in [6.45, 7) is 7.54. The van der Waals surface area contributed by atoms with Crippen LogP contribution in [0.15, 0.2) is 10.5 Å². The Kier molecular flexibility index (Phi) is 5.54. The molecule has 5 nitrogen and oxygen atoms in total. The van der Waals surface area contributed by atoms with Crippen molar-refractivity contribution in [3.8, 4) is 0 Å². The van der Waals surface area contributed by atoms with Crippen LogP contribution < -0.4 is 5.32 Å². The molecule has 2 fully saturated rings. The highest BCUT2D eigenvalue weighted by Crippen LogP contribution is 2.29. The Morgan fingerprint density at radius 3 is 2.68 bits per heavy atom. The quantitative estimate of drug-likeness (QED) is 0.859. The number of nitrogens with zero attached hydrogens (tertiary/aromatic N) is 1.